The Bertz CT molecular complexity index is 160. The van der Waals surface area contributed by atoms with Gasteiger partial charge in [0.25, 0.3) is 0 Å². The molecule has 1 atom stereocenters. The zero-order valence-electron chi connectivity index (χ0n) is 9.54. The number of amides is 1. The van der Waals surface area contributed by atoms with Gasteiger partial charge in [-0.05, 0) is 18.3 Å². The Balaban J connectivity index is 0. The summed E-state index contributed by atoms with van der Waals surface area (Å²) >= 11 is 0. The van der Waals surface area contributed by atoms with E-state index in [9.17, 15) is 4.79 Å². The van der Waals surface area contributed by atoms with Crippen molar-refractivity contribution in [2.24, 2.45) is 17.6 Å². The summed E-state index contributed by atoms with van der Waals surface area (Å²) in [6.45, 7) is 8.97. The van der Waals surface area contributed by atoms with Crippen molar-refractivity contribution >= 4 is 18.3 Å². The first-order valence-corrected chi connectivity index (χ1v) is 4.96. The molecule has 1 amide bonds. The van der Waals surface area contributed by atoms with E-state index in [-0.39, 0.29) is 24.4 Å². The quantitative estimate of drug-likeness (QED) is 0.742. The zero-order valence-corrected chi connectivity index (χ0v) is 10.4. The smallest absolute Gasteiger partial charge is 0.236 e. The molecule has 86 valence electrons. The van der Waals surface area contributed by atoms with Crippen LogP contribution in [0.3, 0.4) is 0 Å². The number of rotatable bonds is 5. The van der Waals surface area contributed by atoms with Gasteiger partial charge in [-0.3, -0.25) is 4.79 Å². The topological polar surface area (TPSA) is 55.1 Å². The van der Waals surface area contributed by atoms with Crippen LogP contribution in [0.5, 0.6) is 0 Å². The molecule has 0 saturated carbocycles. The highest BCUT2D eigenvalue weighted by Crippen LogP contribution is 2.02. The summed E-state index contributed by atoms with van der Waals surface area (Å²) in [5.74, 6) is 0.928. The average molecular weight is 223 g/mol. The monoisotopic (exact) mass is 222 g/mol. The molecular weight excluding hydrogens is 200 g/mol. The summed E-state index contributed by atoms with van der Waals surface area (Å²) in [6, 6.07) is -0.348. The molecule has 0 aromatic carbocycles. The van der Waals surface area contributed by atoms with Gasteiger partial charge in [0.1, 0.15) is 0 Å². The van der Waals surface area contributed by atoms with Crippen molar-refractivity contribution in [3.8, 4) is 0 Å². The van der Waals surface area contributed by atoms with Crippen LogP contribution in [0.2, 0.25) is 0 Å². The summed E-state index contributed by atoms with van der Waals surface area (Å²) in [7, 11) is 0. The molecule has 0 saturated heterocycles. The zero-order chi connectivity index (χ0) is 10.4. The van der Waals surface area contributed by atoms with Gasteiger partial charge in [0.05, 0.1) is 6.04 Å². The molecule has 0 radical (unpaired) electrons. The van der Waals surface area contributed by atoms with Crippen molar-refractivity contribution in [2.75, 3.05) is 6.54 Å². The molecule has 0 aliphatic heterocycles. The standard InChI is InChI=1S/C10H22N2O.ClH/c1-7(2)5-9(11)10(13)12-6-8(3)4;/h7-9H,5-6,11H2,1-4H3,(H,12,13);1H/t9-;/m0./s1. The van der Waals surface area contributed by atoms with E-state index in [1.165, 1.54) is 0 Å². The van der Waals surface area contributed by atoms with Crippen LogP contribution in [-0.2, 0) is 4.79 Å². The van der Waals surface area contributed by atoms with Gasteiger partial charge in [0.2, 0.25) is 5.91 Å². The number of hydrogen-bond donors (Lipinski definition) is 2. The number of hydrogen-bond acceptors (Lipinski definition) is 2. The molecule has 0 bridgehead atoms. The van der Waals surface area contributed by atoms with E-state index < -0.39 is 0 Å². The highest BCUT2D eigenvalue weighted by molar-refractivity contribution is 5.85. The SMILES string of the molecule is CC(C)CNC(=O)[C@@H](N)CC(C)C.Cl. The maximum absolute atomic E-state index is 11.3. The first-order valence-electron chi connectivity index (χ1n) is 4.96. The molecule has 3 N–H and O–H groups in total. The lowest BCUT2D eigenvalue weighted by Gasteiger charge is -2.14. The fraction of sp³-hybridized carbons (Fsp3) is 0.900. The molecule has 0 heterocycles. The van der Waals surface area contributed by atoms with Crippen molar-refractivity contribution in [2.45, 2.75) is 40.2 Å². The molecule has 14 heavy (non-hydrogen) atoms. The van der Waals surface area contributed by atoms with Gasteiger partial charge in [-0.2, -0.15) is 0 Å². The third-order valence-electron chi connectivity index (χ3n) is 1.75. The van der Waals surface area contributed by atoms with Gasteiger partial charge in [-0.1, -0.05) is 27.7 Å². The maximum Gasteiger partial charge on any atom is 0.236 e. The molecule has 4 heteroatoms. The molecule has 0 spiro atoms. The third kappa shape index (κ3) is 8.32. The summed E-state index contributed by atoms with van der Waals surface area (Å²) in [6.07, 6.45) is 0.754. The largest absolute Gasteiger partial charge is 0.354 e. The van der Waals surface area contributed by atoms with Crippen LogP contribution >= 0.6 is 12.4 Å². The van der Waals surface area contributed by atoms with Crippen molar-refractivity contribution < 1.29 is 4.79 Å². The molecular formula is C10H23ClN2O. The van der Waals surface area contributed by atoms with E-state index in [1.54, 1.807) is 0 Å². The molecule has 0 fully saturated rings. The Kier molecular flexibility index (Phi) is 9.31. The van der Waals surface area contributed by atoms with Gasteiger partial charge in [0.15, 0.2) is 0 Å². The third-order valence-corrected chi connectivity index (χ3v) is 1.75. The summed E-state index contributed by atoms with van der Waals surface area (Å²) in [4.78, 5) is 11.3. The van der Waals surface area contributed by atoms with E-state index in [2.05, 4.69) is 33.0 Å². The second-order valence-electron chi connectivity index (χ2n) is 4.38. The molecule has 3 nitrogen and oxygen atoms in total. The van der Waals surface area contributed by atoms with Crippen molar-refractivity contribution in [1.29, 1.82) is 0 Å². The van der Waals surface area contributed by atoms with Crippen LogP contribution in [0, 0.1) is 11.8 Å². The van der Waals surface area contributed by atoms with E-state index in [0.29, 0.717) is 18.4 Å². The van der Waals surface area contributed by atoms with E-state index in [4.69, 9.17) is 5.73 Å². The van der Waals surface area contributed by atoms with Gasteiger partial charge in [-0.15, -0.1) is 12.4 Å². The van der Waals surface area contributed by atoms with Gasteiger partial charge >= 0.3 is 0 Å². The summed E-state index contributed by atoms with van der Waals surface area (Å²) in [5.41, 5.74) is 5.69. The van der Waals surface area contributed by atoms with Gasteiger partial charge < -0.3 is 11.1 Å². The minimum absolute atomic E-state index is 0. The normalized spacial score (nSPS) is 12.5. The van der Waals surface area contributed by atoms with E-state index in [0.717, 1.165) is 6.42 Å². The summed E-state index contributed by atoms with van der Waals surface area (Å²) in [5, 5.41) is 2.82. The second kappa shape index (κ2) is 8.06. The Labute approximate surface area is 93.2 Å². The Hall–Kier alpha value is -0.280. The lowest BCUT2D eigenvalue weighted by molar-refractivity contribution is -0.122. The lowest BCUT2D eigenvalue weighted by Crippen LogP contribution is -2.42. The first kappa shape index (κ1) is 16.2. The molecule has 0 aromatic rings. The molecule has 0 unspecified atom stereocenters. The number of carbonyl (C=O) groups excluding carboxylic acids is 1. The fourth-order valence-corrected chi connectivity index (χ4v) is 1.05. The number of halogens is 1. The summed E-state index contributed by atoms with van der Waals surface area (Å²) < 4.78 is 0. The number of nitrogens with one attached hydrogen (secondary N) is 1. The second-order valence-corrected chi connectivity index (χ2v) is 4.38. The predicted octanol–water partition coefficient (Wildman–Crippen LogP) is 1.55. The minimum Gasteiger partial charge on any atom is -0.354 e. The Morgan fingerprint density at radius 2 is 1.71 bits per heavy atom. The Morgan fingerprint density at radius 3 is 2.07 bits per heavy atom. The van der Waals surface area contributed by atoms with Gasteiger partial charge in [0, 0.05) is 6.54 Å². The highest BCUT2D eigenvalue weighted by atomic mass is 35.5. The number of carbonyl (C=O) groups is 1. The van der Waals surface area contributed by atoms with Crippen LogP contribution in [-0.4, -0.2) is 18.5 Å². The van der Waals surface area contributed by atoms with Crippen LogP contribution in [0.4, 0.5) is 0 Å². The minimum atomic E-state index is -0.348. The predicted molar refractivity (Wildman–Crippen MR) is 62.5 cm³/mol. The van der Waals surface area contributed by atoms with Crippen LogP contribution in [0.15, 0.2) is 0 Å². The molecule has 0 rings (SSSR count). The van der Waals surface area contributed by atoms with Crippen molar-refractivity contribution in [1.82, 2.24) is 5.32 Å². The maximum atomic E-state index is 11.3. The van der Waals surface area contributed by atoms with Crippen LogP contribution in [0.1, 0.15) is 34.1 Å². The Morgan fingerprint density at radius 1 is 1.21 bits per heavy atom. The van der Waals surface area contributed by atoms with Crippen LogP contribution in [0.25, 0.3) is 0 Å². The molecule has 0 aromatic heterocycles. The fourth-order valence-electron chi connectivity index (χ4n) is 1.05. The lowest BCUT2D eigenvalue weighted by atomic mass is 10.0. The van der Waals surface area contributed by atoms with Crippen LogP contribution < -0.4 is 11.1 Å². The van der Waals surface area contributed by atoms with E-state index in [1.807, 2.05) is 0 Å². The average Bonchev–Trinajstić information content (AvgIpc) is 1.98. The molecule has 0 aliphatic rings. The van der Waals surface area contributed by atoms with Crippen molar-refractivity contribution in [3.05, 3.63) is 0 Å². The highest BCUT2D eigenvalue weighted by Gasteiger charge is 2.14. The van der Waals surface area contributed by atoms with Crippen molar-refractivity contribution in [3.63, 3.8) is 0 Å². The number of nitrogens with two attached hydrogens (primary N) is 1. The first-order chi connectivity index (χ1) is 5.93. The van der Waals surface area contributed by atoms with E-state index >= 15 is 0 Å². The van der Waals surface area contributed by atoms with Gasteiger partial charge in [-0.25, -0.2) is 0 Å². The molecule has 0 aliphatic carbocycles.